The number of ether oxygens (including phenoxy) is 1. The number of carbonyl (C=O) groups excluding carboxylic acids is 2. The average molecular weight is 238 g/mol. The van der Waals surface area contributed by atoms with Crippen molar-refractivity contribution in [2.75, 3.05) is 6.54 Å². The van der Waals surface area contributed by atoms with Gasteiger partial charge in [-0.05, 0) is 12.1 Å². The number of non-ortho nitro benzene ring substituents is 1. The lowest BCUT2D eigenvalue weighted by Crippen LogP contribution is -2.29. The molecule has 1 rings (SSSR count). The molecule has 1 aromatic rings. The summed E-state index contributed by atoms with van der Waals surface area (Å²) < 4.78 is 4.82. The second kappa shape index (κ2) is 5.59. The lowest BCUT2D eigenvalue weighted by molar-refractivity contribution is -0.384. The van der Waals surface area contributed by atoms with E-state index in [0.717, 1.165) is 0 Å². The van der Waals surface area contributed by atoms with Crippen LogP contribution in [0.4, 0.5) is 5.69 Å². The van der Waals surface area contributed by atoms with Gasteiger partial charge in [-0.3, -0.25) is 14.9 Å². The zero-order valence-corrected chi connectivity index (χ0v) is 9.00. The standard InChI is InChI=1S/C10H10N2O5/c1-7(13)11-6-10(14)17-9-4-2-8(3-5-9)12(15)16/h2-5H,6H2,1H3,(H,11,13). The second-order valence-electron chi connectivity index (χ2n) is 3.13. The Morgan fingerprint density at radius 1 is 1.35 bits per heavy atom. The quantitative estimate of drug-likeness (QED) is 0.359. The van der Waals surface area contributed by atoms with Gasteiger partial charge in [0, 0.05) is 19.1 Å². The van der Waals surface area contributed by atoms with Gasteiger partial charge in [-0.2, -0.15) is 0 Å². The molecule has 0 spiro atoms. The van der Waals surface area contributed by atoms with Crippen molar-refractivity contribution in [3.63, 3.8) is 0 Å². The Kier molecular flexibility index (Phi) is 4.15. The van der Waals surface area contributed by atoms with Gasteiger partial charge >= 0.3 is 5.97 Å². The summed E-state index contributed by atoms with van der Waals surface area (Å²) in [5.74, 6) is -0.800. The molecule has 1 N–H and O–H groups in total. The second-order valence-corrected chi connectivity index (χ2v) is 3.13. The normalized spacial score (nSPS) is 9.47. The van der Waals surface area contributed by atoms with Crippen molar-refractivity contribution in [3.05, 3.63) is 34.4 Å². The van der Waals surface area contributed by atoms with Gasteiger partial charge in [-0.15, -0.1) is 0 Å². The molecule has 0 atom stereocenters. The molecule has 0 saturated heterocycles. The van der Waals surface area contributed by atoms with E-state index in [0.29, 0.717) is 0 Å². The molecule has 0 aliphatic heterocycles. The van der Waals surface area contributed by atoms with Crippen LogP contribution in [0.2, 0.25) is 0 Å². The van der Waals surface area contributed by atoms with E-state index in [-0.39, 0.29) is 23.9 Å². The fourth-order valence-electron chi connectivity index (χ4n) is 1.00. The molecule has 0 aliphatic rings. The van der Waals surface area contributed by atoms with Crippen molar-refractivity contribution in [2.45, 2.75) is 6.92 Å². The number of nitro groups is 1. The molecule has 7 heteroatoms. The molecule has 0 radical (unpaired) electrons. The zero-order chi connectivity index (χ0) is 12.8. The number of rotatable bonds is 4. The molecule has 0 saturated carbocycles. The van der Waals surface area contributed by atoms with Crippen LogP contribution >= 0.6 is 0 Å². The predicted molar refractivity (Wildman–Crippen MR) is 57.4 cm³/mol. The SMILES string of the molecule is CC(=O)NCC(=O)Oc1ccc([N+](=O)[O-])cc1. The van der Waals surface area contributed by atoms with Crippen LogP contribution < -0.4 is 10.1 Å². The fourth-order valence-corrected chi connectivity index (χ4v) is 1.00. The molecule has 0 fully saturated rings. The number of hydrogen-bond acceptors (Lipinski definition) is 5. The maximum Gasteiger partial charge on any atom is 0.330 e. The first kappa shape index (κ1) is 12.6. The number of carbonyl (C=O) groups is 2. The highest BCUT2D eigenvalue weighted by atomic mass is 16.6. The van der Waals surface area contributed by atoms with E-state index in [1.54, 1.807) is 0 Å². The Hall–Kier alpha value is -2.44. The van der Waals surface area contributed by atoms with Crippen molar-refractivity contribution < 1.29 is 19.2 Å². The maximum atomic E-state index is 11.2. The van der Waals surface area contributed by atoms with Crippen LogP contribution in [0.25, 0.3) is 0 Å². The topological polar surface area (TPSA) is 98.5 Å². The number of esters is 1. The smallest absolute Gasteiger partial charge is 0.330 e. The highest BCUT2D eigenvalue weighted by Gasteiger charge is 2.08. The predicted octanol–water partition coefficient (Wildman–Crippen LogP) is 0.636. The van der Waals surface area contributed by atoms with E-state index in [2.05, 4.69) is 5.32 Å². The van der Waals surface area contributed by atoms with E-state index in [4.69, 9.17) is 4.74 Å². The van der Waals surface area contributed by atoms with E-state index in [1.807, 2.05) is 0 Å². The van der Waals surface area contributed by atoms with Gasteiger partial charge in [0.05, 0.1) is 4.92 Å². The van der Waals surface area contributed by atoms with Crippen LogP contribution in [0.5, 0.6) is 5.75 Å². The summed E-state index contributed by atoms with van der Waals surface area (Å²) in [6, 6.07) is 5.07. The van der Waals surface area contributed by atoms with Gasteiger partial charge in [0.1, 0.15) is 12.3 Å². The zero-order valence-electron chi connectivity index (χ0n) is 9.00. The molecule has 0 aliphatic carbocycles. The van der Waals surface area contributed by atoms with Gasteiger partial charge in [-0.1, -0.05) is 0 Å². The average Bonchev–Trinajstić information content (AvgIpc) is 2.27. The lowest BCUT2D eigenvalue weighted by atomic mass is 10.3. The minimum Gasteiger partial charge on any atom is -0.425 e. The third-order valence-electron chi connectivity index (χ3n) is 1.76. The molecule has 0 unspecified atom stereocenters. The van der Waals surface area contributed by atoms with Crippen LogP contribution in [-0.2, 0) is 9.59 Å². The monoisotopic (exact) mass is 238 g/mol. The number of nitrogens with one attached hydrogen (secondary N) is 1. The van der Waals surface area contributed by atoms with Crippen LogP contribution in [0.15, 0.2) is 24.3 Å². The number of amides is 1. The Labute approximate surface area is 96.5 Å². The Morgan fingerprint density at radius 3 is 2.41 bits per heavy atom. The molecule has 0 aromatic heterocycles. The summed E-state index contributed by atoms with van der Waals surface area (Å²) in [7, 11) is 0. The molecule has 0 heterocycles. The third-order valence-corrected chi connectivity index (χ3v) is 1.76. The van der Waals surface area contributed by atoms with Gasteiger partial charge in [0.2, 0.25) is 5.91 Å². The van der Waals surface area contributed by atoms with Crippen molar-refractivity contribution in [3.8, 4) is 5.75 Å². The molecule has 1 amide bonds. The lowest BCUT2D eigenvalue weighted by Gasteiger charge is -2.04. The number of nitrogens with zero attached hydrogens (tertiary/aromatic N) is 1. The van der Waals surface area contributed by atoms with Crippen LogP contribution in [0.3, 0.4) is 0 Å². The van der Waals surface area contributed by atoms with Crippen molar-refractivity contribution in [1.29, 1.82) is 0 Å². The van der Waals surface area contributed by atoms with Crippen LogP contribution in [-0.4, -0.2) is 23.3 Å². The largest absolute Gasteiger partial charge is 0.425 e. The summed E-state index contributed by atoms with van der Waals surface area (Å²) in [5.41, 5.74) is -0.0911. The van der Waals surface area contributed by atoms with Crippen molar-refractivity contribution in [2.24, 2.45) is 0 Å². The summed E-state index contributed by atoms with van der Waals surface area (Å²) >= 11 is 0. The van der Waals surface area contributed by atoms with Crippen molar-refractivity contribution in [1.82, 2.24) is 5.32 Å². The summed E-state index contributed by atoms with van der Waals surface area (Å²) in [5, 5.41) is 12.6. The van der Waals surface area contributed by atoms with Crippen LogP contribution in [0, 0.1) is 10.1 Å². The molecule has 17 heavy (non-hydrogen) atoms. The van der Waals surface area contributed by atoms with Gasteiger partial charge in [-0.25, -0.2) is 4.79 Å². The van der Waals surface area contributed by atoms with E-state index < -0.39 is 10.9 Å². The molecular weight excluding hydrogens is 228 g/mol. The van der Waals surface area contributed by atoms with E-state index in [9.17, 15) is 19.7 Å². The molecule has 7 nitrogen and oxygen atoms in total. The Bertz CT molecular complexity index is 441. The minimum atomic E-state index is -0.644. The summed E-state index contributed by atoms with van der Waals surface area (Å²) in [6.07, 6.45) is 0. The fraction of sp³-hybridized carbons (Fsp3) is 0.200. The van der Waals surface area contributed by atoms with E-state index in [1.165, 1.54) is 31.2 Å². The van der Waals surface area contributed by atoms with Gasteiger partial charge in [0.25, 0.3) is 5.69 Å². The third kappa shape index (κ3) is 4.29. The Balaban J connectivity index is 2.54. The molecule has 0 bridgehead atoms. The number of benzene rings is 1. The van der Waals surface area contributed by atoms with Crippen molar-refractivity contribution >= 4 is 17.6 Å². The van der Waals surface area contributed by atoms with Crippen LogP contribution in [0.1, 0.15) is 6.92 Å². The summed E-state index contributed by atoms with van der Waals surface area (Å²) in [4.78, 5) is 31.5. The molecule has 1 aromatic carbocycles. The highest BCUT2D eigenvalue weighted by molar-refractivity contribution is 5.81. The first-order valence-electron chi connectivity index (χ1n) is 4.68. The van der Waals surface area contributed by atoms with E-state index >= 15 is 0 Å². The molecule has 90 valence electrons. The summed E-state index contributed by atoms with van der Waals surface area (Å²) in [6.45, 7) is 1.03. The number of nitro benzene ring substituents is 1. The van der Waals surface area contributed by atoms with Gasteiger partial charge < -0.3 is 10.1 Å². The first-order valence-corrected chi connectivity index (χ1v) is 4.68. The van der Waals surface area contributed by atoms with Gasteiger partial charge in [0.15, 0.2) is 0 Å². The Morgan fingerprint density at radius 2 is 1.94 bits per heavy atom. The maximum absolute atomic E-state index is 11.2. The highest BCUT2D eigenvalue weighted by Crippen LogP contribution is 2.17. The molecular formula is C10H10N2O5. The first-order chi connectivity index (χ1) is 7.99. The number of hydrogen-bond donors (Lipinski definition) is 1. The minimum absolute atomic E-state index is 0.0911.